The minimum absolute atomic E-state index is 0.00371. The fourth-order valence-corrected chi connectivity index (χ4v) is 2.97. The maximum Gasteiger partial charge on any atom is 0.326 e. The molecule has 1 aliphatic heterocycles. The van der Waals surface area contributed by atoms with Crippen molar-refractivity contribution in [1.29, 1.82) is 0 Å². The zero-order valence-electron chi connectivity index (χ0n) is 10.6. The molecule has 7 nitrogen and oxygen atoms in total. The van der Waals surface area contributed by atoms with Gasteiger partial charge >= 0.3 is 12.0 Å². The van der Waals surface area contributed by atoms with Gasteiger partial charge in [0.15, 0.2) is 0 Å². The molecule has 19 heavy (non-hydrogen) atoms. The smallest absolute Gasteiger partial charge is 0.326 e. The van der Waals surface area contributed by atoms with Crippen LogP contribution in [0.15, 0.2) is 0 Å². The number of urea groups is 1. The van der Waals surface area contributed by atoms with Crippen molar-refractivity contribution in [2.24, 2.45) is 5.73 Å². The summed E-state index contributed by atoms with van der Waals surface area (Å²) < 4.78 is 0. The van der Waals surface area contributed by atoms with Crippen molar-refractivity contribution >= 4 is 29.7 Å². The molecular weight excluding hydrogens is 270 g/mol. The second-order valence-electron chi connectivity index (χ2n) is 4.39. The van der Waals surface area contributed by atoms with Gasteiger partial charge in [0.1, 0.15) is 6.04 Å². The van der Waals surface area contributed by atoms with Crippen molar-refractivity contribution in [2.45, 2.75) is 37.0 Å². The van der Waals surface area contributed by atoms with Gasteiger partial charge in [0.25, 0.3) is 0 Å². The van der Waals surface area contributed by atoms with Gasteiger partial charge in [0.2, 0.25) is 5.91 Å². The molecule has 0 aromatic rings. The largest absolute Gasteiger partial charge is 0.480 e. The summed E-state index contributed by atoms with van der Waals surface area (Å²) in [6.45, 7) is 0.526. The Bertz CT molecular complexity index is 345. The van der Waals surface area contributed by atoms with Crippen LogP contribution in [-0.2, 0) is 9.59 Å². The number of carbonyl (C=O) groups excluding carboxylic acids is 2. The van der Waals surface area contributed by atoms with E-state index in [-0.39, 0.29) is 12.8 Å². The summed E-state index contributed by atoms with van der Waals surface area (Å²) in [5.74, 6) is -0.660. The van der Waals surface area contributed by atoms with Gasteiger partial charge in [0.05, 0.1) is 0 Å². The highest BCUT2D eigenvalue weighted by Gasteiger charge is 2.21. The molecule has 2 unspecified atom stereocenters. The molecule has 3 amide bonds. The van der Waals surface area contributed by atoms with Crippen molar-refractivity contribution in [1.82, 2.24) is 10.6 Å². The Morgan fingerprint density at radius 1 is 1.42 bits per heavy atom. The number of hydrogen-bond donors (Lipinski definition) is 4. The highest BCUT2D eigenvalue weighted by atomic mass is 32.2. The average molecular weight is 289 g/mol. The van der Waals surface area contributed by atoms with Crippen LogP contribution in [0.3, 0.4) is 0 Å². The molecule has 1 saturated heterocycles. The molecule has 1 heterocycles. The standard InChI is InChI=1S/C11H19N3O4S/c12-9(15)4-3-8(10(16)17)14-11(18)13-6-7-2-1-5-19-7/h7-8H,1-6H2,(H2,12,15)(H,16,17)(H2,13,14,18). The number of nitrogens with two attached hydrogens (primary N) is 1. The Morgan fingerprint density at radius 2 is 2.16 bits per heavy atom. The van der Waals surface area contributed by atoms with Crippen molar-refractivity contribution in [3.05, 3.63) is 0 Å². The Morgan fingerprint density at radius 3 is 2.68 bits per heavy atom. The highest BCUT2D eigenvalue weighted by Crippen LogP contribution is 2.25. The molecule has 0 radical (unpaired) electrons. The summed E-state index contributed by atoms with van der Waals surface area (Å²) in [7, 11) is 0. The number of carboxylic acids is 1. The number of primary amides is 1. The number of amides is 3. The highest BCUT2D eigenvalue weighted by molar-refractivity contribution is 8.00. The van der Waals surface area contributed by atoms with Crippen LogP contribution in [0.4, 0.5) is 4.79 Å². The predicted octanol–water partition coefficient (Wildman–Crippen LogP) is -0.100. The number of rotatable bonds is 7. The molecular formula is C11H19N3O4S. The first-order valence-corrected chi connectivity index (χ1v) is 7.21. The molecule has 5 N–H and O–H groups in total. The second-order valence-corrected chi connectivity index (χ2v) is 5.79. The van der Waals surface area contributed by atoms with E-state index in [0.717, 1.165) is 18.6 Å². The zero-order chi connectivity index (χ0) is 14.3. The van der Waals surface area contributed by atoms with Crippen molar-refractivity contribution < 1.29 is 19.5 Å². The molecule has 0 aromatic carbocycles. The molecule has 1 fully saturated rings. The lowest BCUT2D eigenvalue weighted by Crippen LogP contribution is -2.47. The summed E-state index contributed by atoms with van der Waals surface area (Å²) >= 11 is 1.80. The van der Waals surface area contributed by atoms with Gasteiger partial charge in [-0.15, -0.1) is 0 Å². The topological polar surface area (TPSA) is 122 Å². The average Bonchev–Trinajstić information content (AvgIpc) is 2.84. The third-order valence-corrected chi connectivity index (χ3v) is 4.20. The third-order valence-electron chi connectivity index (χ3n) is 2.80. The molecule has 0 aliphatic carbocycles. The van der Waals surface area contributed by atoms with Gasteiger partial charge in [-0.05, 0) is 25.0 Å². The first kappa shape index (κ1) is 15.6. The number of aliphatic carboxylic acids is 1. The van der Waals surface area contributed by atoms with E-state index in [1.54, 1.807) is 11.8 Å². The van der Waals surface area contributed by atoms with E-state index in [1.807, 2.05) is 0 Å². The lowest BCUT2D eigenvalue weighted by molar-refractivity contribution is -0.139. The van der Waals surface area contributed by atoms with E-state index in [9.17, 15) is 14.4 Å². The fraction of sp³-hybridized carbons (Fsp3) is 0.727. The summed E-state index contributed by atoms with van der Waals surface area (Å²) in [6.07, 6.45) is 2.13. The summed E-state index contributed by atoms with van der Waals surface area (Å²) in [5, 5.41) is 14.3. The van der Waals surface area contributed by atoms with Crippen molar-refractivity contribution in [2.75, 3.05) is 12.3 Å². The van der Waals surface area contributed by atoms with Crippen LogP contribution < -0.4 is 16.4 Å². The molecule has 0 bridgehead atoms. The summed E-state index contributed by atoms with van der Waals surface area (Å²) in [4.78, 5) is 33.1. The summed E-state index contributed by atoms with van der Waals surface area (Å²) in [6, 6.07) is -1.62. The van der Waals surface area contributed by atoms with Gasteiger partial charge in [-0.1, -0.05) is 0 Å². The zero-order valence-corrected chi connectivity index (χ0v) is 11.4. The quantitative estimate of drug-likeness (QED) is 0.521. The molecule has 0 saturated carbocycles. The van der Waals surface area contributed by atoms with E-state index in [0.29, 0.717) is 11.8 Å². The van der Waals surface area contributed by atoms with Crippen LogP contribution in [0.25, 0.3) is 0 Å². The van der Waals surface area contributed by atoms with Crippen LogP contribution in [-0.4, -0.2) is 46.6 Å². The van der Waals surface area contributed by atoms with E-state index >= 15 is 0 Å². The monoisotopic (exact) mass is 289 g/mol. The molecule has 0 aromatic heterocycles. The molecule has 1 aliphatic rings. The SMILES string of the molecule is NC(=O)CCC(NC(=O)NCC1CCCS1)C(=O)O. The van der Waals surface area contributed by atoms with Gasteiger partial charge in [0, 0.05) is 18.2 Å². The van der Waals surface area contributed by atoms with E-state index in [1.165, 1.54) is 0 Å². The Labute approximate surface area is 115 Å². The maximum atomic E-state index is 11.5. The first-order valence-electron chi connectivity index (χ1n) is 6.16. The first-order chi connectivity index (χ1) is 8.99. The van der Waals surface area contributed by atoms with E-state index < -0.39 is 23.9 Å². The Balaban J connectivity index is 2.29. The molecule has 1 rings (SSSR count). The molecule has 8 heteroatoms. The van der Waals surface area contributed by atoms with Crippen LogP contribution >= 0.6 is 11.8 Å². The Kier molecular flexibility index (Phi) is 6.48. The molecule has 2 atom stereocenters. The number of carbonyl (C=O) groups is 3. The lowest BCUT2D eigenvalue weighted by atomic mass is 10.1. The summed E-state index contributed by atoms with van der Waals surface area (Å²) in [5.41, 5.74) is 4.95. The van der Waals surface area contributed by atoms with Crippen LogP contribution in [0, 0.1) is 0 Å². The minimum Gasteiger partial charge on any atom is -0.480 e. The maximum absolute atomic E-state index is 11.5. The molecule has 0 spiro atoms. The molecule has 108 valence electrons. The third kappa shape index (κ3) is 6.32. The number of hydrogen-bond acceptors (Lipinski definition) is 4. The van der Waals surface area contributed by atoms with Gasteiger partial charge in [-0.3, -0.25) is 4.79 Å². The lowest BCUT2D eigenvalue weighted by Gasteiger charge is -2.16. The normalized spacial score (nSPS) is 19.7. The van der Waals surface area contributed by atoms with E-state index in [2.05, 4.69) is 10.6 Å². The number of carboxylic acid groups (broad SMARTS) is 1. The van der Waals surface area contributed by atoms with Crippen molar-refractivity contribution in [3.63, 3.8) is 0 Å². The van der Waals surface area contributed by atoms with E-state index in [4.69, 9.17) is 10.8 Å². The van der Waals surface area contributed by atoms with Crippen LogP contribution in [0.2, 0.25) is 0 Å². The van der Waals surface area contributed by atoms with Gasteiger partial charge in [-0.2, -0.15) is 11.8 Å². The van der Waals surface area contributed by atoms with Gasteiger partial charge < -0.3 is 21.5 Å². The van der Waals surface area contributed by atoms with Crippen LogP contribution in [0.5, 0.6) is 0 Å². The number of nitrogens with one attached hydrogen (secondary N) is 2. The second kappa shape index (κ2) is 7.88. The van der Waals surface area contributed by atoms with Gasteiger partial charge in [-0.25, -0.2) is 9.59 Å². The van der Waals surface area contributed by atoms with Crippen LogP contribution in [0.1, 0.15) is 25.7 Å². The Hall–Kier alpha value is -1.44. The van der Waals surface area contributed by atoms with Crippen molar-refractivity contribution in [3.8, 4) is 0 Å². The fourth-order valence-electron chi connectivity index (χ4n) is 1.77. The number of thioether (sulfide) groups is 1. The predicted molar refractivity (Wildman–Crippen MR) is 71.9 cm³/mol. The minimum atomic E-state index is -1.17.